The number of fused-ring (bicyclic) bond motifs is 2. The second-order valence-corrected chi connectivity index (χ2v) is 8.46. The Bertz CT molecular complexity index is 1690. The molecule has 2 aliphatic rings. The summed E-state index contributed by atoms with van der Waals surface area (Å²) in [5, 5.41) is 31.3. The highest BCUT2D eigenvalue weighted by molar-refractivity contribution is 6.09. The van der Waals surface area contributed by atoms with Crippen molar-refractivity contribution in [3.8, 4) is 28.2 Å². The normalized spacial score (nSPS) is 11.2. The lowest BCUT2D eigenvalue weighted by atomic mass is 9.90. The van der Waals surface area contributed by atoms with Crippen LogP contribution in [-0.4, -0.2) is 43.6 Å². The van der Waals surface area contributed by atoms with Gasteiger partial charge in [-0.1, -0.05) is 18.2 Å². The van der Waals surface area contributed by atoms with Crippen molar-refractivity contribution < 1.29 is 24.2 Å². The van der Waals surface area contributed by atoms with E-state index in [1.54, 1.807) is 35.1 Å². The van der Waals surface area contributed by atoms with E-state index >= 15 is 0 Å². The van der Waals surface area contributed by atoms with Crippen LogP contribution >= 0.6 is 0 Å². The molecule has 2 heterocycles. The van der Waals surface area contributed by atoms with Gasteiger partial charge in [-0.25, -0.2) is 4.79 Å². The van der Waals surface area contributed by atoms with E-state index in [4.69, 9.17) is 4.42 Å². The van der Waals surface area contributed by atoms with E-state index < -0.39 is 11.9 Å². The van der Waals surface area contributed by atoms with Gasteiger partial charge in [0.05, 0.1) is 17.8 Å². The summed E-state index contributed by atoms with van der Waals surface area (Å²) in [7, 11) is 0. The summed E-state index contributed by atoms with van der Waals surface area (Å²) in [5.41, 5.74) is 2.33. The molecule has 186 valence electrons. The smallest absolute Gasteiger partial charge is 0.336 e. The summed E-state index contributed by atoms with van der Waals surface area (Å²) in [4.78, 5) is 37.1. The third-order valence-electron chi connectivity index (χ3n) is 6.03. The number of aryl methyl sites for hydroxylation is 1. The molecule has 10 nitrogen and oxygen atoms in total. The van der Waals surface area contributed by atoms with Gasteiger partial charge < -0.3 is 19.9 Å². The number of amides is 1. The van der Waals surface area contributed by atoms with Crippen molar-refractivity contribution in [1.82, 2.24) is 20.3 Å². The van der Waals surface area contributed by atoms with E-state index in [-0.39, 0.29) is 40.2 Å². The van der Waals surface area contributed by atoms with Crippen LogP contribution in [0.3, 0.4) is 0 Å². The molecular formula is C27H22N4O6. The van der Waals surface area contributed by atoms with Gasteiger partial charge >= 0.3 is 5.97 Å². The number of carboxylic acids is 1. The Labute approximate surface area is 210 Å². The standard InChI is InChI=1S/C27H22N4O6/c1-2-16-14-31(30-29-16)10-9-28-26(34)15-3-6-19(22(11-15)27(35)36)25-20-7-4-17(32)12-23(20)37-24-13-18(33)5-8-21(24)25/h3-8,11-14,32H,2,9-10H2,1H3,(H,28,34)(H,35,36). The molecule has 5 rings (SSSR count). The summed E-state index contributed by atoms with van der Waals surface area (Å²) in [6.45, 7) is 2.68. The topological polar surface area (TPSA) is 148 Å². The van der Waals surface area contributed by atoms with E-state index in [0.717, 1.165) is 12.1 Å². The maximum Gasteiger partial charge on any atom is 0.336 e. The molecular weight excluding hydrogens is 476 g/mol. The molecule has 0 saturated heterocycles. The number of hydrogen-bond donors (Lipinski definition) is 3. The molecule has 0 spiro atoms. The summed E-state index contributed by atoms with van der Waals surface area (Å²) in [5.74, 6) is -1.44. The average Bonchev–Trinajstić information content (AvgIpc) is 3.34. The molecule has 1 aliphatic carbocycles. The number of rotatable bonds is 7. The van der Waals surface area contributed by atoms with Gasteiger partial charge in [0.25, 0.3) is 5.91 Å². The molecule has 0 unspecified atom stereocenters. The first kappa shape index (κ1) is 23.7. The number of aromatic hydroxyl groups is 1. The largest absolute Gasteiger partial charge is 0.508 e. The molecule has 0 fully saturated rings. The van der Waals surface area contributed by atoms with Crippen LogP contribution in [0, 0.1) is 0 Å². The van der Waals surface area contributed by atoms with Crippen LogP contribution < -0.4 is 10.7 Å². The minimum absolute atomic E-state index is 0.0397. The summed E-state index contributed by atoms with van der Waals surface area (Å²) >= 11 is 0. The molecule has 10 heteroatoms. The van der Waals surface area contributed by atoms with Crippen LogP contribution in [0.1, 0.15) is 33.3 Å². The minimum atomic E-state index is -1.22. The van der Waals surface area contributed by atoms with Crippen LogP contribution in [0.25, 0.3) is 33.4 Å². The van der Waals surface area contributed by atoms with E-state index in [0.29, 0.717) is 28.6 Å². The van der Waals surface area contributed by atoms with Gasteiger partial charge in [-0.2, -0.15) is 0 Å². The number of carbonyl (C=O) groups excluding carboxylic acids is 1. The highest BCUT2D eigenvalue weighted by atomic mass is 16.4. The van der Waals surface area contributed by atoms with Crippen molar-refractivity contribution in [3.05, 3.63) is 87.8 Å². The maximum atomic E-state index is 12.8. The van der Waals surface area contributed by atoms with Gasteiger partial charge in [0, 0.05) is 47.0 Å². The lowest BCUT2D eigenvalue weighted by Gasteiger charge is -2.17. The molecule has 1 amide bonds. The molecule has 37 heavy (non-hydrogen) atoms. The fraction of sp³-hybridized carbons (Fsp3) is 0.148. The third-order valence-corrected chi connectivity index (χ3v) is 6.03. The number of carbonyl (C=O) groups is 2. The van der Waals surface area contributed by atoms with E-state index in [1.165, 1.54) is 30.3 Å². The number of benzene rings is 3. The zero-order valence-corrected chi connectivity index (χ0v) is 19.8. The van der Waals surface area contributed by atoms with E-state index in [2.05, 4.69) is 15.6 Å². The minimum Gasteiger partial charge on any atom is -0.508 e. The van der Waals surface area contributed by atoms with Crippen LogP contribution in [0.2, 0.25) is 0 Å². The molecule has 0 bridgehead atoms. The number of phenols is 1. The van der Waals surface area contributed by atoms with Crippen molar-refractivity contribution >= 4 is 22.8 Å². The highest BCUT2D eigenvalue weighted by Gasteiger charge is 2.23. The first-order valence-corrected chi connectivity index (χ1v) is 11.6. The number of aromatic nitrogens is 3. The zero-order chi connectivity index (χ0) is 26.1. The van der Waals surface area contributed by atoms with Gasteiger partial charge in [-0.15, -0.1) is 5.10 Å². The van der Waals surface area contributed by atoms with Crippen molar-refractivity contribution in [2.75, 3.05) is 6.54 Å². The van der Waals surface area contributed by atoms with Crippen molar-refractivity contribution in [2.45, 2.75) is 19.9 Å². The second kappa shape index (κ2) is 9.57. The number of carboxylic acid groups (broad SMARTS) is 1. The Morgan fingerprint density at radius 3 is 2.62 bits per heavy atom. The van der Waals surface area contributed by atoms with Gasteiger partial charge in [-0.05, 0) is 48.4 Å². The maximum absolute atomic E-state index is 12.8. The van der Waals surface area contributed by atoms with Gasteiger partial charge in [-0.3, -0.25) is 14.3 Å². The Morgan fingerprint density at radius 1 is 1.05 bits per heavy atom. The Kier molecular flexibility index (Phi) is 6.14. The van der Waals surface area contributed by atoms with Crippen molar-refractivity contribution in [3.63, 3.8) is 0 Å². The number of phenolic OH excluding ortho intramolecular Hbond substituents is 1. The zero-order valence-electron chi connectivity index (χ0n) is 19.8. The Morgan fingerprint density at radius 2 is 1.86 bits per heavy atom. The molecule has 0 atom stereocenters. The molecule has 0 radical (unpaired) electrons. The SMILES string of the molecule is CCc1cn(CCNC(=O)c2ccc(-c3c4ccc(=O)cc-4oc4cc(O)ccc34)c(C(=O)O)c2)nn1. The predicted octanol–water partition coefficient (Wildman–Crippen LogP) is 3.55. The van der Waals surface area contributed by atoms with Crippen LogP contribution in [-0.2, 0) is 13.0 Å². The number of nitrogens with one attached hydrogen (secondary N) is 1. The predicted molar refractivity (Wildman–Crippen MR) is 135 cm³/mol. The Balaban J connectivity index is 1.53. The number of aromatic carboxylic acids is 1. The van der Waals surface area contributed by atoms with Crippen LogP contribution in [0.5, 0.6) is 5.75 Å². The summed E-state index contributed by atoms with van der Waals surface area (Å²) < 4.78 is 7.47. The number of nitrogens with zero attached hydrogens (tertiary/aromatic N) is 3. The van der Waals surface area contributed by atoms with Gasteiger partial charge in [0.1, 0.15) is 17.1 Å². The third kappa shape index (κ3) is 4.64. The summed E-state index contributed by atoms with van der Waals surface area (Å²) in [6.07, 6.45) is 2.57. The van der Waals surface area contributed by atoms with Crippen molar-refractivity contribution in [1.29, 1.82) is 0 Å². The van der Waals surface area contributed by atoms with Crippen LogP contribution in [0.4, 0.5) is 0 Å². The van der Waals surface area contributed by atoms with Crippen molar-refractivity contribution in [2.24, 2.45) is 0 Å². The fourth-order valence-electron chi connectivity index (χ4n) is 4.23. The molecule has 3 aromatic rings. The fourth-order valence-corrected chi connectivity index (χ4v) is 4.23. The van der Waals surface area contributed by atoms with E-state index in [9.17, 15) is 24.6 Å². The number of hydrogen-bond acceptors (Lipinski definition) is 7. The first-order chi connectivity index (χ1) is 17.8. The monoisotopic (exact) mass is 498 g/mol. The Hall–Kier alpha value is -4.99. The molecule has 0 saturated carbocycles. The van der Waals surface area contributed by atoms with Gasteiger partial charge in [0.2, 0.25) is 0 Å². The quantitative estimate of drug-likeness (QED) is 0.289. The van der Waals surface area contributed by atoms with Crippen LogP contribution in [0.15, 0.2) is 70.0 Å². The lowest BCUT2D eigenvalue weighted by Crippen LogP contribution is -2.27. The van der Waals surface area contributed by atoms with E-state index in [1.807, 2.05) is 6.92 Å². The molecule has 3 N–H and O–H groups in total. The summed E-state index contributed by atoms with van der Waals surface area (Å²) in [6, 6.07) is 13.2. The second-order valence-electron chi connectivity index (χ2n) is 8.46. The van der Waals surface area contributed by atoms with Gasteiger partial charge in [0.15, 0.2) is 5.43 Å². The average molecular weight is 498 g/mol. The molecule has 2 aromatic carbocycles. The highest BCUT2D eigenvalue weighted by Crippen LogP contribution is 2.42. The first-order valence-electron chi connectivity index (χ1n) is 11.6. The molecule has 1 aromatic heterocycles. The lowest BCUT2D eigenvalue weighted by molar-refractivity contribution is 0.0697. The molecule has 1 aliphatic heterocycles.